The van der Waals surface area contributed by atoms with Crippen LogP contribution >= 0.6 is 0 Å². The summed E-state index contributed by atoms with van der Waals surface area (Å²) in [6.45, 7) is 5.57. The van der Waals surface area contributed by atoms with Crippen LogP contribution in [0, 0.1) is 28.6 Å². The average Bonchev–Trinajstić information content (AvgIpc) is 3.38. The third-order valence-electron chi connectivity index (χ3n) is 8.51. The van der Waals surface area contributed by atoms with Gasteiger partial charge in [-0.25, -0.2) is 4.67 Å². The van der Waals surface area contributed by atoms with Gasteiger partial charge in [0, 0.05) is 19.1 Å². The molecule has 4 aliphatic rings. The summed E-state index contributed by atoms with van der Waals surface area (Å²) < 4.78 is 16.3. The average molecular weight is 450 g/mol. The summed E-state index contributed by atoms with van der Waals surface area (Å²) in [4.78, 5) is 16.2. The number of rotatable bonds is 3. The van der Waals surface area contributed by atoms with E-state index in [1.807, 2.05) is 18.2 Å². The number of guanidine groups is 1. The van der Waals surface area contributed by atoms with Gasteiger partial charge in [-0.15, -0.1) is 0 Å². The van der Waals surface area contributed by atoms with Gasteiger partial charge in [0.2, 0.25) is 0 Å². The smallest absolute Gasteiger partial charge is 0.381 e. The van der Waals surface area contributed by atoms with E-state index in [0.29, 0.717) is 18.7 Å². The normalized spacial score (nSPS) is 37.5. The van der Waals surface area contributed by atoms with Crippen molar-refractivity contribution < 1.29 is 14.3 Å². The van der Waals surface area contributed by atoms with Crippen LogP contribution in [0.3, 0.4) is 0 Å². The van der Waals surface area contributed by atoms with Crippen molar-refractivity contribution in [3.63, 3.8) is 0 Å². The highest BCUT2D eigenvalue weighted by Gasteiger charge is 2.68. The van der Waals surface area contributed by atoms with Crippen LogP contribution in [0.1, 0.15) is 56.2 Å². The van der Waals surface area contributed by atoms with E-state index in [9.17, 15) is 10.1 Å². The zero-order valence-corrected chi connectivity index (χ0v) is 19.7. The molecular formula is C26H33N4O3+. The minimum absolute atomic E-state index is 0.0257. The highest BCUT2D eigenvalue weighted by Crippen LogP contribution is 2.61. The predicted molar refractivity (Wildman–Crippen MR) is 125 cm³/mol. The summed E-state index contributed by atoms with van der Waals surface area (Å²) in [6.07, 6.45) is 6.31. The number of carbonyl (C=O) groups is 1. The first-order valence-electron chi connectivity index (χ1n) is 12.0. The third kappa shape index (κ3) is 3.16. The number of fused-ring (bicyclic) bond motifs is 3. The summed E-state index contributed by atoms with van der Waals surface area (Å²) in [7, 11) is 1.78. The van der Waals surface area contributed by atoms with Crippen LogP contribution in [0.25, 0.3) is 0 Å². The number of carbonyl (C=O) groups excluding carboxylic acids is 1. The van der Waals surface area contributed by atoms with Crippen LogP contribution in [0.5, 0.6) is 0 Å². The Bertz CT molecular complexity index is 1070. The molecule has 0 bridgehead atoms. The molecule has 7 nitrogen and oxygen atoms in total. The molecule has 2 aliphatic carbocycles. The van der Waals surface area contributed by atoms with Crippen LogP contribution in [0.4, 0.5) is 0 Å². The summed E-state index contributed by atoms with van der Waals surface area (Å²) in [5.41, 5.74) is 7.60. The fraction of sp³-hybridized carbons (Fsp3) is 0.615. The van der Waals surface area contributed by atoms with Gasteiger partial charge in [0.25, 0.3) is 0 Å². The highest BCUT2D eigenvalue weighted by molar-refractivity contribution is 6.15. The van der Waals surface area contributed by atoms with Crippen molar-refractivity contribution in [3.8, 4) is 6.07 Å². The fourth-order valence-corrected chi connectivity index (χ4v) is 7.32. The van der Waals surface area contributed by atoms with Crippen molar-refractivity contribution in [2.45, 2.75) is 63.6 Å². The molecule has 2 unspecified atom stereocenters. The van der Waals surface area contributed by atoms with E-state index in [1.54, 1.807) is 18.2 Å². The number of hydrogen-bond acceptors (Lipinski definition) is 5. The number of benzene rings is 1. The zero-order valence-electron chi connectivity index (χ0n) is 19.7. The maximum Gasteiger partial charge on any atom is 0.445 e. The number of amides is 1. The fourth-order valence-electron chi connectivity index (χ4n) is 7.32. The lowest BCUT2D eigenvalue weighted by Crippen LogP contribution is -2.65. The molecule has 5 rings (SSSR count). The first-order chi connectivity index (χ1) is 15.8. The highest BCUT2D eigenvalue weighted by atomic mass is 16.5. The van der Waals surface area contributed by atoms with Crippen LogP contribution in [-0.2, 0) is 26.1 Å². The van der Waals surface area contributed by atoms with Gasteiger partial charge in [0.05, 0.1) is 23.8 Å². The molecule has 2 spiro atoms. The van der Waals surface area contributed by atoms with E-state index in [4.69, 9.17) is 15.2 Å². The molecule has 1 amide bonds. The van der Waals surface area contributed by atoms with Gasteiger partial charge in [0.1, 0.15) is 6.54 Å². The molecule has 7 heteroatoms. The van der Waals surface area contributed by atoms with Gasteiger partial charge in [-0.2, -0.15) is 10.2 Å². The summed E-state index contributed by atoms with van der Waals surface area (Å²) in [5, 5.41) is 9.62. The summed E-state index contributed by atoms with van der Waals surface area (Å²) >= 11 is 0. The first-order valence-corrected chi connectivity index (χ1v) is 12.0. The number of ether oxygens (including phenoxy) is 2. The monoisotopic (exact) mass is 449 g/mol. The predicted octanol–water partition coefficient (Wildman–Crippen LogP) is 1.89. The minimum Gasteiger partial charge on any atom is -0.381 e. The molecule has 1 saturated heterocycles. The molecule has 1 aromatic rings. The van der Waals surface area contributed by atoms with Crippen LogP contribution < -0.4 is 10.4 Å². The molecule has 1 saturated carbocycles. The molecule has 33 heavy (non-hydrogen) atoms. The van der Waals surface area contributed by atoms with Crippen molar-refractivity contribution in [2.75, 3.05) is 20.3 Å². The number of nitriles is 1. The molecule has 2 fully saturated rings. The van der Waals surface area contributed by atoms with Crippen molar-refractivity contribution in [1.82, 2.24) is 9.57 Å². The van der Waals surface area contributed by atoms with E-state index in [-0.39, 0.29) is 41.3 Å². The molecule has 174 valence electrons. The van der Waals surface area contributed by atoms with Crippen molar-refractivity contribution in [3.05, 3.63) is 34.9 Å². The van der Waals surface area contributed by atoms with Crippen LogP contribution in [0.2, 0.25) is 0 Å². The van der Waals surface area contributed by atoms with E-state index in [2.05, 4.69) is 24.6 Å². The molecule has 0 aromatic heterocycles. The second-order valence-corrected chi connectivity index (χ2v) is 10.5. The lowest BCUT2D eigenvalue weighted by atomic mass is 9.52. The quantitative estimate of drug-likeness (QED) is 0.710. The molecule has 1 aromatic carbocycles. The van der Waals surface area contributed by atoms with Crippen LogP contribution in [0.15, 0.2) is 18.2 Å². The van der Waals surface area contributed by atoms with E-state index < -0.39 is 5.41 Å². The number of nitrogens with two attached hydrogens (primary N) is 1. The van der Waals surface area contributed by atoms with Crippen molar-refractivity contribution in [2.24, 2.45) is 23.0 Å². The zero-order chi connectivity index (χ0) is 23.4. The largest absolute Gasteiger partial charge is 0.445 e. The van der Waals surface area contributed by atoms with Gasteiger partial charge >= 0.3 is 11.9 Å². The molecule has 2 N–H and O–H groups in total. The van der Waals surface area contributed by atoms with Crippen molar-refractivity contribution >= 4 is 18.1 Å². The Morgan fingerprint density at radius 1 is 1.33 bits per heavy atom. The molecule has 2 aliphatic heterocycles. The molecule has 6 atom stereocenters. The molecule has 0 radical (unpaired) electrons. The number of nitrogens with zero attached hydrogens (tertiary/aromatic N) is 3. The SMILES string of the molecule is COC1[C@H](C)CC2(Cc3ccc(C#N)cc3[C@]23C=[N+]=C(N)N(C[C@H]2CCCO2)C3=O)C[C@@H]1C. The summed E-state index contributed by atoms with van der Waals surface area (Å²) in [5.74, 6) is 0.773. The van der Waals surface area contributed by atoms with Crippen LogP contribution in [-0.4, -0.2) is 55.5 Å². The topological polar surface area (TPSA) is 103 Å². The summed E-state index contributed by atoms with van der Waals surface area (Å²) in [6, 6.07) is 8.04. The maximum atomic E-state index is 14.5. The van der Waals surface area contributed by atoms with E-state index in [1.165, 1.54) is 0 Å². The lowest BCUT2D eigenvalue weighted by Gasteiger charge is -2.51. The van der Waals surface area contributed by atoms with E-state index >= 15 is 0 Å². The van der Waals surface area contributed by atoms with Gasteiger partial charge in [-0.3, -0.25) is 10.5 Å². The maximum absolute atomic E-state index is 14.5. The molecule has 2 heterocycles. The Balaban J connectivity index is 1.67. The number of methoxy groups -OCH3 is 1. The Hall–Kier alpha value is -2.65. The van der Waals surface area contributed by atoms with E-state index in [0.717, 1.165) is 43.2 Å². The van der Waals surface area contributed by atoms with Gasteiger partial charge in [-0.1, -0.05) is 19.9 Å². The second-order valence-electron chi connectivity index (χ2n) is 10.5. The Morgan fingerprint density at radius 2 is 2.09 bits per heavy atom. The Labute approximate surface area is 195 Å². The molecular weight excluding hydrogens is 416 g/mol. The standard InChI is InChI=1S/C26H32N4O3/c1-16-10-25(11-17(2)22(16)32-3)12-19-7-6-18(13-27)9-21(19)26(25)15-29-24(28)30(23(26)31)14-20-5-4-8-33-20/h6-7,9,15-17,20,22,28H,4-5,8,10-12,14H2,1-3H3/p+1/t16-,17+,20-,22?,25?,26+/m1/s1. The first kappa shape index (κ1) is 22.2. The Kier molecular flexibility index (Phi) is 5.36. The number of hydrogen-bond donors (Lipinski definition) is 1. The lowest BCUT2D eigenvalue weighted by molar-refractivity contribution is -0.141. The van der Waals surface area contributed by atoms with Gasteiger partial charge < -0.3 is 9.47 Å². The third-order valence-corrected chi connectivity index (χ3v) is 8.51. The second kappa shape index (κ2) is 7.99. The Morgan fingerprint density at radius 3 is 2.73 bits per heavy atom. The minimum atomic E-state index is -0.947. The van der Waals surface area contributed by atoms with Gasteiger partial charge in [0.15, 0.2) is 11.6 Å². The van der Waals surface area contributed by atoms with Gasteiger partial charge in [-0.05, 0) is 67.2 Å². The van der Waals surface area contributed by atoms with Crippen molar-refractivity contribution in [1.29, 1.82) is 5.26 Å².